The number of aryl methyl sites for hydroxylation is 1. The van der Waals surface area contributed by atoms with E-state index in [9.17, 15) is 4.79 Å². The number of H-pyrrole nitrogens is 2. The molecule has 0 spiro atoms. The summed E-state index contributed by atoms with van der Waals surface area (Å²) in [5.41, 5.74) is 1.68. The number of ether oxygens (including phenoxy) is 1. The molecule has 0 fully saturated rings. The molecule has 3 aromatic rings. The number of nitrogens with one attached hydrogen (secondary N) is 2. The molecule has 2 N–H and O–H groups in total. The lowest BCUT2D eigenvalue weighted by atomic mass is 10.2. The summed E-state index contributed by atoms with van der Waals surface area (Å²) in [5, 5.41) is 7.33. The van der Waals surface area contributed by atoms with Gasteiger partial charge >= 0.3 is 0 Å². The molecule has 21 heavy (non-hydrogen) atoms. The van der Waals surface area contributed by atoms with Gasteiger partial charge in [0.05, 0.1) is 12.2 Å². The molecule has 6 heteroatoms. The minimum absolute atomic E-state index is 0.202. The van der Waals surface area contributed by atoms with Crippen LogP contribution in [0.5, 0.6) is 5.75 Å². The molecule has 0 aliphatic rings. The van der Waals surface area contributed by atoms with E-state index in [0.29, 0.717) is 34.9 Å². The third-order valence-electron chi connectivity index (χ3n) is 3.21. The highest BCUT2D eigenvalue weighted by molar-refractivity contribution is 5.79. The van der Waals surface area contributed by atoms with Crippen molar-refractivity contribution in [3.05, 3.63) is 40.3 Å². The molecule has 0 aliphatic heterocycles. The number of hydrogen-bond donors (Lipinski definition) is 2. The molecule has 0 saturated heterocycles. The Morgan fingerprint density at radius 2 is 2.10 bits per heavy atom. The second-order valence-corrected chi connectivity index (χ2v) is 4.81. The standard InChI is InChI=1S/C15H16N4O2/c1-3-8-21-11-7-5-4-6-10(11)13-16-14-12(15(20)17-13)9(2)18-19-14/h4-7H,3,8H2,1-2H3,(H2,16,17,18,19,20). The van der Waals surface area contributed by atoms with Gasteiger partial charge in [-0.25, -0.2) is 4.98 Å². The van der Waals surface area contributed by atoms with Gasteiger partial charge in [0.25, 0.3) is 5.56 Å². The number of aromatic amines is 2. The second kappa shape index (κ2) is 5.40. The van der Waals surface area contributed by atoms with Crippen molar-refractivity contribution in [2.75, 3.05) is 6.61 Å². The molecule has 1 aromatic carbocycles. The minimum Gasteiger partial charge on any atom is -0.493 e. The molecule has 0 bridgehead atoms. The highest BCUT2D eigenvalue weighted by atomic mass is 16.5. The molecule has 0 aliphatic carbocycles. The number of para-hydroxylation sites is 1. The average molecular weight is 284 g/mol. The maximum absolute atomic E-state index is 12.2. The van der Waals surface area contributed by atoms with Crippen LogP contribution < -0.4 is 10.3 Å². The lowest BCUT2D eigenvalue weighted by Gasteiger charge is -2.09. The Bertz CT molecular complexity index is 835. The number of fused-ring (bicyclic) bond motifs is 1. The Morgan fingerprint density at radius 1 is 1.29 bits per heavy atom. The third-order valence-corrected chi connectivity index (χ3v) is 3.21. The summed E-state index contributed by atoms with van der Waals surface area (Å²) in [4.78, 5) is 19.4. The molecule has 0 radical (unpaired) electrons. The predicted molar refractivity (Wildman–Crippen MR) is 80.5 cm³/mol. The number of aromatic nitrogens is 4. The maximum Gasteiger partial charge on any atom is 0.262 e. The molecular formula is C15H16N4O2. The summed E-state index contributed by atoms with van der Waals surface area (Å²) in [6.07, 6.45) is 0.913. The van der Waals surface area contributed by atoms with Crippen LogP contribution in [0.2, 0.25) is 0 Å². The molecular weight excluding hydrogens is 268 g/mol. The maximum atomic E-state index is 12.2. The van der Waals surface area contributed by atoms with Crippen LogP contribution >= 0.6 is 0 Å². The van der Waals surface area contributed by atoms with Gasteiger partial charge in [-0.2, -0.15) is 5.10 Å². The topological polar surface area (TPSA) is 83.7 Å². The van der Waals surface area contributed by atoms with Crippen molar-refractivity contribution in [3.8, 4) is 17.1 Å². The van der Waals surface area contributed by atoms with Gasteiger partial charge in [0.15, 0.2) is 5.65 Å². The van der Waals surface area contributed by atoms with E-state index in [4.69, 9.17) is 4.74 Å². The first-order valence-electron chi connectivity index (χ1n) is 6.88. The molecule has 0 unspecified atom stereocenters. The first-order chi connectivity index (χ1) is 10.2. The van der Waals surface area contributed by atoms with Gasteiger partial charge in [0.2, 0.25) is 0 Å². The zero-order valence-electron chi connectivity index (χ0n) is 11.9. The molecule has 6 nitrogen and oxygen atoms in total. The largest absolute Gasteiger partial charge is 0.493 e. The summed E-state index contributed by atoms with van der Waals surface area (Å²) < 4.78 is 5.71. The summed E-state index contributed by atoms with van der Waals surface area (Å²) in [6, 6.07) is 7.51. The predicted octanol–water partition coefficient (Wildman–Crippen LogP) is 2.41. The highest BCUT2D eigenvalue weighted by Gasteiger charge is 2.13. The second-order valence-electron chi connectivity index (χ2n) is 4.81. The van der Waals surface area contributed by atoms with E-state index in [1.165, 1.54) is 0 Å². The molecule has 2 aromatic heterocycles. The van der Waals surface area contributed by atoms with Crippen molar-refractivity contribution in [1.29, 1.82) is 0 Å². The van der Waals surface area contributed by atoms with Crippen molar-refractivity contribution in [2.24, 2.45) is 0 Å². The molecule has 3 rings (SSSR count). The van der Waals surface area contributed by atoms with Crippen LogP contribution in [0.4, 0.5) is 0 Å². The van der Waals surface area contributed by atoms with E-state index >= 15 is 0 Å². The Kier molecular flexibility index (Phi) is 3.43. The van der Waals surface area contributed by atoms with Gasteiger partial charge < -0.3 is 9.72 Å². The smallest absolute Gasteiger partial charge is 0.262 e. The van der Waals surface area contributed by atoms with Crippen molar-refractivity contribution in [1.82, 2.24) is 20.2 Å². The Hall–Kier alpha value is -2.63. The number of benzene rings is 1. The van der Waals surface area contributed by atoms with Gasteiger partial charge in [-0.1, -0.05) is 19.1 Å². The monoisotopic (exact) mass is 284 g/mol. The van der Waals surface area contributed by atoms with E-state index in [2.05, 4.69) is 20.2 Å². The third kappa shape index (κ3) is 2.40. The van der Waals surface area contributed by atoms with E-state index in [0.717, 1.165) is 12.0 Å². The summed E-state index contributed by atoms with van der Waals surface area (Å²) in [6.45, 7) is 4.45. The highest BCUT2D eigenvalue weighted by Crippen LogP contribution is 2.27. The van der Waals surface area contributed by atoms with Gasteiger partial charge in [-0.05, 0) is 25.5 Å². The minimum atomic E-state index is -0.202. The van der Waals surface area contributed by atoms with Crippen LogP contribution in [0.25, 0.3) is 22.4 Å². The Labute approximate surface area is 121 Å². The van der Waals surface area contributed by atoms with Crippen LogP contribution in [0.1, 0.15) is 19.0 Å². The summed E-state index contributed by atoms with van der Waals surface area (Å²) >= 11 is 0. The molecule has 0 saturated carbocycles. The van der Waals surface area contributed by atoms with Crippen LogP contribution in [-0.2, 0) is 0 Å². The summed E-state index contributed by atoms with van der Waals surface area (Å²) in [7, 11) is 0. The van der Waals surface area contributed by atoms with Crippen LogP contribution in [-0.4, -0.2) is 26.8 Å². The van der Waals surface area contributed by atoms with Crippen LogP contribution in [0.15, 0.2) is 29.1 Å². The Balaban J connectivity index is 2.14. The van der Waals surface area contributed by atoms with Gasteiger partial charge in [-0.3, -0.25) is 9.89 Å². The fraction of sp³-hybridized carbons (Fsp3) is 0.267. The fourth-order valence-electron chi connectivity index (χ4n) is 2.20. The van der Waals surface area contributed by atoms with E-state index < -0.39 is 0 Å². The average Bonchev–Trinajstić information content (AvgIpc) is 2.87. The van der Waals surface area contributed by atoms with Crippen molar-refractivity contribution < 1.29 is 4.74 Å². The van der Waals surface area contributed by atoms with E-state index in [1.807, 2.05) is 31.2 Å². The van der Waals surface area contributed by atoms with Gasteiger partial charge in [-0.15, -0.1) is 0 Å². The first kappa shape index (κ1) is 13.4. The van der Waals surface area contributed by atoms with E-state index in [1.54, 1.807) is 6.92 Å². The van der Waals surface area contributed by atoms with Crippen molar-refractivity contribution in [2.45, 2.75) is 20.3 Å². The zero-order valence-corrected chi connectivity index (χ0v) is 11.9. The SMILES string of the molecule is CCCOc1ccccc1-c1nc2n[nH]c(C)c2c(=O)[nH]1. The van der Waals surface area contributed by atoms with Crippen molar-refractivity contribution >= 4 is 11.0 Å². The molecule has 2 heterocycles. The molecule has 0 amide bonds. The lowest BCUT2D eigenvalue weighted by Crippen LogP contribution is -2.10. The quantitative estimate of drug-likeness (QED) is 0.770. The first-order valence-corrected chi connectivity index (χ1v) is 6.88. The van der Waals surface area contributed by atoms with Crippen LogP contribution in [0, 0.1) is 6.92 Å². The number of hydrogen-bond acceptors (Lipinski definition) is 4. The van der Waals surface area contributed by atoms with Crippen molar-refractivity contribution in [3.63, 3.8) is 0 Å². The van der Waals surface area contributed by atoms with Gasteiger partial charge in [0, 0.05) is 5.69 Å². The fourth-order valence-corrected chi connectivity index (χ4v) is 2.20. The summed E-state index contributed by atoms with van der Waals surface area (Å²) in [5.74, 6) is 1.17. The lowest BCUT2D eigenvalue weighted by molar-refractivity contribution is 0.318. The zero-order chi connectivity index (χ0) is 14.8. The molecule has 0 atom stereocenters. The van der Waals surface area contributed by atoms with Crippen LogP contribution in [0.3, 0.4) is 0 Å². The molecule has 108 valence electrons. The van der Waals surface area contributed by atoms with Gasteiger partial charge in [0.1, 0.15) is 17.0 Å². The Morgan fingerprint density at radius 3 is 2.90 bits per heavy atom. The normalized spacial score (nSPS) is 11.0. The number of nitrogens with zero attached hydrogens (tertiary/aromatic N) is 2. The van der Waals surface area contributed by atoms with E-state index in [-0.39, 0.29) is 5.56 Å². The number of rotatable bonds is 4.